The first-order valence-electron chi connectivity index (χ1n) is 8.43. The van der Waals surface area contributed by atoms with Gasteiger partial charge in [-0.2, -0.15) is 0 Å². The predicted octanol–water partition coefficient (Wildman–Crippen LogP) is 2.39. The number of nitrogens with one attached hydrogen (secondary N) is 1. The van der Waals surface area contributed by atoms with Crippen LogP contribution in [0.15, 0.2) is 35.3 Å². The Labute approximate surface area is 158 Å². The molecule has 0 heterocycles. The summed E-state index contributed by atoms with van der Waals surface area (Å²) in [4.78, 5) is 28.5. The summed E-state index contributed by atoms with van der Waals surface area (Å²) in [6, 6.07) is 9.02. The molecule has 1 aromatic rings. The van der Waals surface area contributed by atoms with Crippen LogP contribution in [0.4, 0.5) is 4.79 Å². The lowest BCUT2D eigenvalue weighted by Crippen LogP contribution is -2.42. The maximum Gasteiger partial charge on any atom is 0.408 e. The number of nitrogens with two attached hydrogens (primary N) is 2. The number of thioether (sulfide) groups is 1. The van der Waals surface area contributed by atoms with Crippen LogP contribution in [0.3, 0.4) is 0 Å². The Morgan fingerprint density at radius 2 is 1.88 bits per heavy atom. The fourth-order valence-electron chi connectivity index (χ4n) is 2.03. The highest BCUT2D eigenvalue weighted by Gasteiger charge is 2.24. The Balaban J connectivity index is 2.63. The molecule has 26 heavy (non-hydrogen) atoms. The first kappa shape index (κ1) is 21.8. The molecule has 7 nitrogen and oxygen atoms in total. The molecule has 0 unspecified atom stereocenters. The van der Waals surface area contributed by atoms with Crippen molar-refractivity contribution in [1.82, 2.24) is 5.32 Å². The number of aliphatic imine (C=N–C) groups is 1. The number of nitrogens with zero attached hydrogens (tertiary/aromatic N) is 1. The van der Waals surface area contributed by atoms with Gasteiger partial charge in [0.1, 0.15) is 11.6 Å². The van der Waals surface area contributed by atoms with Gasteiger partial charge in [-0.25, -0.2) is 4.79 Å². The number of guanidine groups is 1. The zero-order chi connectivity index (χ0) is 19.6. The molecule has 1 aromatic carbocycles. The molecule has 8 heteroatoms. The van der Waals surface area contributed by atoms with E-state index in [1.54, 1.807) is 20.8 Å². The van der Waals surface area contributed by atoms with Crippen molar-refractivity contribution in [3.8, 4) is 0 Å². The molecule has 0 aliphatic carbocycles. The van der Waals surface area contributed by atoms with Crippen LogP contribution in [0, 0.1) is 0 Å². The fraction of sp³-hybridized carbons (Fsp3) is 0.500. The molecular formula is C18H28N4O3S. The molecule has 1 rings (SSSR count). The van der Waals surface area contributed by atoms with Gasteiger partial charge in [-0.15, -0.1) is 0 Å². The number of amides is 1. The predicted molar refractivity (Wildman–Crippen MR) is 106 cm³/mol. The number of ether oxygens (including phenoxy) is 1. The lowest BCUT2D eigenvalue weighted by molar-refractivity contribution is -0.113. The second kappa shape index (κ2) is 10.7. The Kier molecular flexibility index (Phi) is 8.98. The molecule has 1 amide bonds. The van der Waals surface area contributed by atoms with Crippen LogP contribution in [0.25, 0.3) is 0 Å². The SMILES string of the molecule is CC(C)(C)OC(=O)N[C@H](CCCN=C(N)N)C(=O)SCc1ccccc1. The topological polar surface area (TPSA) is 120 Å². The molecule has 0 spiro atoms. The van der Waals surface area contributed by atoms with Gasteiger partial charge >= 0.3 is 6.09 Å². The van der Waals surface area contributed by atoms with Crippen molar-refractivity contribution in [2.75, 3.05) is 6.54 Å². The third-order valence-corrected chi connectivity index (χ3v) is 4.19. The van der Waals surface area contributed by atoms with Crippen LogP contribution < -0.4 is 16.8 Å². The quantitative estimate of drug-likeness (QED) is 0.362. The minimum Gasteiger partial charge on any atom is -0.444 e. The number of benzene rings is 1. The number of rotatable bonds is 8. The molecular weight excluding hydrogens is 352 g/mol. The van der Waals surface area contributed by atoms with Crippen LogP contribution in [0.5, 0.6) is 0 Å². The lowest BCUT2D eigenvalue weighted by atomic mass is 10.2. The fourth-order valence-corrected chi connectivity index (χ4v) is 2.91. The van der Waals surface area contributed by atoms with Gasteiger partial charge in [-0.3, -0.25) is 9.79 Å². The Morgan fingerprint density at radius 3 is 2.46 bits per heavy atom. The summed E-state index contributed by atoms with van der Waals surface area (Å²) in [5, 5.41) is 2.53. The highest BCUT2D eigenvalue weighted by Crippen LogP contribution is 2.17. The van der Waals surface area contributed by atoms with Crippen LogP contribution in [-0.4, -0.2) is 35.4 Å². The van der Waals surface area contributed by atoms with E-state index in [2.05, 4.69) is 10.3 Å². The zero-order valence-corrected chi connectivity index (χ0v) is 16.3. The first-order valence-corrected chi connectivity index (χ1v) is 9.41. The van der Waals surface area contributed by atoms with Crippen molar-refractivity contribution < 1.29 is 14.3 Å². The highest BCUT2D eigenvalue weighted by molar-refractivity contribution is 8.13. The standard InChI is InChI=1S/C18H28N4O3S/c1-18(2,3)25-17(24)22-14(10-7-11-21-16(19)20)15(23)26-12-13-8-5-4-6-9-13/h4-6,8-9,14H,7,10-12H2,1-3H3,(H,22,24)(H4,19,20,21)/t14-/m1/s1. The normalized spacial score (nSPS) is 12.1. The third-order valence-electron chi connectivity index (χ3n) is 3.14. The largest absolute Gasteiger partial charge is 0.444 e. The summed E-state index contributed by atoms with van der Waals surface area (Å²) < 4.78 is 5.25. The number of carbonyl (C=O) groups is 2. The van der Waals surface area contributed by atoms with Crippen molar-refractivity contribution in [2.24, 2.45) is 16.5 Å². The van der Waals surface area contributed by atoms with Crippen LogP contribution in [0.2, 0.25) is 0 Å². The number of carbonyl (C=O) groups excluding carboxylic acids is 2. The molecule has 0 bridgehead atoms. The Morgan fingerprint density at radius 1 is 1.23 bits per heavy atom. The number of alkyl carbamates (subject to hydrolysis) is 1. The Hall–Kier alpha value is -2.22. The van der Waals surface area contributed by atoms with E-state index in [0.29, 0.717) is 25.1 Å². The van der Waals surface area contributed by atoms with Gasteiger partial charge in [0.05, 0.1) is 0 Å². The van der Waals surface area contributed by atoms with Gasteiger partial charge in [-0.1, -0.05) is 42.1 Å². The van der Waals surface area contributed by atoms with Gasteiger partial charge in [0, 0.05) is 12.3 Å². The molecule has 5 N–H and O–H groups in total. The maximum absolute atomic E-state index is 12.6. The molecule has 144 valence electrons. The van der Waals surface area contributed by atoms with E-state index in [9.17, 15) is 9.59 Å². The molecule has 0 fully saturated rings. The first-order chi connectivity index (χ1) is 12.2. The summed E-state index contributed by atoms with van der Waals surface area (Å²) in [6.45, 7) is 5.70. The van der Waals surface area contributed by atoms with E-state index < -0.39 is 17.7 Å². The Bertz CT molecular complexity index is 611. The third kappa shape index (κ3) is 9.93. The van der Waals surface area contributed by atoms with Crippen LogP contribution in [0.1, 0.15) is 39.2 Å². The van der Waals surface area contributed by atoms with E-state index in [4.69, 9.17) is 16.2 Å². The summed E-state index contributed by atoms with van der Waals surface area (Å²) in [6.07, 6.45) is 0.380. The molecule has 0 aliphatic heterocycles. The van der Waals surface area contributed by atoms with Crippen molar-refractivity contribution in [3.63, 3.8) is 0 Å². The molecule has 1 atom stereocenters. The van der Waals surface area contributed by atoms with Crippen molar-refractivity contribution in [2.45, 2.75) is 51.0 Å². The molecule has 0 saturated heterocycles. The van der Waals surface area contributed by atoms with Gasteiger partial charge in [-0.05, 0) is 39.2 Å². The van der Waals surface area contributed by atoms with E-state index in [0.717, 1.165) is 5.56 Å². The molecule has 0 radical (unpaired) electrons. The van der Waals surface area contributed by atoms with Gasteiger partial charge in [0.25, 0.3) is 0 Å². The summed E-state index contributed by atoms with van der Waals surface area (Å²) in [7, 11) is 0. The number of hydrogen-bond acceptors (Lipinski definition) is 5. The molecule has 0 saturated carbocycles. The average Bonchev–Trinajstić information content (AvgIpc) is 2.54. The monoisotopic (exact) mass is 380 g/mol. The maximum atomic E-state index is 12.6. The molecule has 0 aromatic heterocycles. The smallest absolute Gasteiger partial charge is 0.408 e. The second-order valence-electron chi connectivity index (χ2n) is 6.74. The average molecular weight is 381 g/mol. The zero-order valence-electron chi connectivity index (χ0n) is 15.5. The summed E-state index contributed by atoms with van der Waals surface area (Å²) in [5.74, 6) is 0.548. The minimum absolute atomic E-state index is 0.00595. The lowest BCUT2D eigenvalue weighted by Gasteiger charge is -2.23. The van der Waals surface area contributed by atoms with Crippen molar-refractivity contribution >= 4 is 28.9 Å². The van der Waals surface area contributed by atoms with Gasteiger partial charge in [0.15, 0.2) is 5.96 Å². The van der Waals surface area contributed by atoms with E-state index in [1.165, 1.54) is 11.8 Å². The van der Waals surface area contributed by atoms with E-state index >= 15 is 0 Å². The van der Waals surface area contributed by atoms with Crippen molar-refractivity contribution in [3.05, 3.63) is 35.9 Å². The van der Waals surface area contributed by atoms with E-state index in [-0.39, 0.29) is 11.1 Å². The second-order valence-corrected chi connectivity index (χ2v) is 7.72. The van der Waals surface area contributed by atoms with Crippen LogP contribution in [-0.2, 0) is 15.3 Å². The summed E-state index contributed by atoms with van der Waals surface area (Å²) in [5.41, 5.74) is 11.0. The number of hydrogen-bond donors (Lipinski definition) is 3. The van der Waals surface area contributed by atoms with Gasteiger partial charge < -0.3 is 21.5 Å². The summed E-state index contributed by atoms with van der Waals surface area (Å²) >= 11 is 1.17. The molecule has 0 aliphatic rings. The van der Waals surface area contributed by atoms with Crippen molar-refractivity contribution in [1.29, 1.82) is 0 Å². The van der Waals surface area contributed by atoms with E-state index in [1.807, 2.05) is 30.3 Å². The van der Waals surface area contributed by atoms with Gasteiger partial charge in [0.2, 0.25) is 5.12 Å². The highest BCUT2D eigenvalue weighted by atomic mass is 32.2. The minimum atomic E-state index is -0.659. The van der Waals surface area contributed by atoms with Crippen LogP contribution >= 0.6 is 11.8 Å².